The van der Waals surface area contributed by atoms with Crippen molar-refractivity contribution >= 4 is 0 Å². The molecule has 5 aliphatic rings. The summed E-state index contributed by atoms with van der Waals surface area (Å²) in [4.78, 5) is 0. The molecule has 0 aromatic rings. The third-order valence-corrected chi connectivity index (χ3v) is 10.8. The molecule has 5 rings (SSSR count). The molecule has 1 heterocycles. The lowest BCUT2D eigenvalue weighted by atomic mass is 9.47. The van der Waals surface area contributed by atoms with Crippen molar-refractivity contribution in [3.05, 3.63) is 11.6 Å². The molecule has 0 amide bonds. The summed E-state index contributed by atoms with van der Waals surface area (Å²) in [6, 6.07) is 0. The van der Waals surface area contributed by atoms with Gasteiger partial charge in [0.2, 0.25) is 0 Å². The molecule has 1 aliphatic heterocycles. The first-order valence-electron chi connectivity index (χ1n) is 14.0. The van der Waals surface area contributed by atoms with E-state index in [2.05, 4.69) is 19.9 Å². The van der Waals surface area contributed by atoms with Crippen LogP contribution in [0.5, 0.6) is 0 Å². The summed E-state index contributed by atoms with van der Waals surface area (Å²) in [5.74, 6) is 3.40. The summed E-state index contributed by atoms with van der Waals surface area (Å²) in [7, 11) is 0. The molecule has 4 aliphatic carbocycles. The number of hydrogen-bond donors (Lipinski definition) is 2. The van der Waals surface area contributed by atoms with Gasteiger partial charge in [-0.3, -0.25) is 0 Å². The number of rotatable bonds is 4. The Hall–Kier alpha value is -0.380. The van der Waals surface area contributed by atoms with Gasteiger partial charge in [0.1, 0.15) is 0 Å². The molecular weight excluding hydrogens is 396 g/mol. The zero-order valence-electron chi connectivity index (χ0n) is 21.4. The van der Waals surface area contributed by atoms with Crippen LogP contribution in [0.15, 0.2) is 11.6 Å². The Morgan fingerprint density at radius 1 is 1.03 bits per heavy atom. The van der Waals surface area contributed by atoms with E-state index in [1.807, 2.05) is 13.8 Å². The minimum Gasteiger partial charge on any atom is -0.393 e. The third kappa shape index (κ3) is 4.36. The Morgan fingerprint density at radius 3 is 2.59 bits per heavy atom. The highest BCUT2D eigenvalue weighted by Crippen LogP contribution is 2.66. The van der Waals surface area contributed by atoms with Crippen LogP contribution >= 0.6 is 0 Å². The second-order valence-corrected chi connectivity index (χ2v) is 12.2. The van der Waals surface area contributed by atoms with E-state index in [1.54, 1.807) is 5.57 Å². The van der Waals surface area contributed by atoms with Crippen molar-refractivity contribution in [3.63, 3.8) is 0 Å². The van der Waals surface area contributed by atoms with E-state index in [-0.39, 0.29) is 6.10 Å². The van der Waals surface area contributed by atoms with E-state index < -0.39 is 5.60 Å². The van der Waals surface area contributed by atoms with E-state index >= 15 is 0 Å². The lowest BCUT2D eigenvalue weighted by Crippen LogP contribution is -2.50. The first-order chi connectivity index (χ1) is 15.3. The molecule has 0 aromatic carbocycles. The minimum atomic E-state index is -0.556. The maximum atomic E-state index is 10.8. The van der Waals surface area contributed by atoms with Gasteiger partial charge in [-0.1, -0.05) is 45.8 Å². The highest BCUT2D eigenvalue weighted by atomic mass is 16.5. The van der Waals surface area contributed by atoms with E-state index in [4.69, 9.17) is 4.74 Å². The second-order valence-electron chi connectivity index (χ2n) is 12.2. The number of fused-ring (bicyclic) bond motifs is 5. The predicted molar refractivity (Wildman–Crippen MR) is 131 cm³/mol. The van der Waals surface area contributed by atoms with Gasteiger partial charge in [-0.25, -0.2) is 0 Å². The highest BCUT2D eigenvalue weighted by Gasteiger charge is 2.58. The lowest BCUT2D eigenvalue weighted by molar-refractivity contribution is -0.0923. The van der Waals surface area contributed by atoms with Crippen LogP contribution in [-0.2, 0) is 4.74 Å². The van der Waals surface area contributed by atoms with E-state index in [1.165, 1.54) is 44.9 Å². The van der Waals surface area contributed by atoms with Crippen LogP contribution in [0.2, 0.25) is 0 Å². The fraction of sp³-hybridized carbons (Fsp3) is 0.931. The van der Waals surface area contributed by atoms with Crippen LogP contribution in [0.4, 0.5) is 0 Å². The molecule has 3 heteroatoms. The third-order valence-electron chi connectivity index (χ3n) is 10.8. The largest absolute Gasteiger partial charge is 0.393 e. The van der Waals surface area contributed by atoms with E-state index in [0.717, 1.165) is 68.8 Å². The molecule has 32 heavy (non-hydrogen) atoms. The number of hydrogen-bond acceptors (Lipinski definition) is 3. The summed E-state index contributed by atoms with van der Waals surface area (Å²) < 4.78 is 5.56. The molecule has 0 spiro atoms. The van der Waals surface area contributed by atoms with Gasteiger partial charge in [-0.05, 0) is 112 Å². The number of allylic oxidation sites excluding steroid dienone is 1. The maximum Gasteiger partial charge on any atom is 0.0881 e. The first-order valence-corrected chi connectivity index (χ1v) is 14.0. The summed E-state index contributed by atoms with van der Waals surface area (Å²) in [5.41, 5.74) is 1.89. The van der Waals surface area contributed by atoms with Crippen LogP contribution in [0.1, 0.15) is 111 Å². The highest BCUT2D eigenvalue weighted by molar-refractivity contribution is 5.25. The van der Waals surface area contributed by atoms with Crippen LogP contribution in [-0.4, -0.2) is 35.1 Å². The molecule has 2 N–H and O–H groups in total. The van der Waals surface area contributed by atoms with Gasteiger partial charge in [0.05, 0.1) is 18.3 Å². The molecule has 184 valence electrons. The smallest absolute Gasteiger partial charge is 0.0881 e. The Labute approximate surface area is 197 Å². The van der Waals surface area contributed by atoms with Gasteiger partial charge in [-0.15, -0.1) is 0 Å². The Kier molecular flexibility index (Phi) is 7.50. The van der Waals surface area contributed by atoms with Gasteiger partial charge >= 0.3 is 0 Å². The summed E-state index contributed by atoms with van der Waals surface area (Å²) >= 11 is 0. The SMILES string of the molecule is CC.CC12CCC3C(CC=C4CC(O)CC[C@@]43C)C1CC[C@@H]2CCCC1(O)CCCOC1. The average Bonchev–Trinajstić information content (AvgIpc) is 3.12. The number of ether oxygens (including phenoxy) is 1. The molecule has 8 atom stereocenters. The molecule has 1 saturated heterocycles. The van der Waals surface area contributed by atoms with Gasteiger partial charge in [0, 0.05) is 6.61 Å². The van der Waals surface area contributed by atoms with Crippen molar-refractivity contribution in [2.24, 2.45) is 34.5 Å². The molecule has 6 unspecified atom stereocenters. The molecule has 4 fully saturated rings. The van der Waals surface area contributed by atoms with Crippen LogP contribution in [0.3, 0.4) is 0 Å². The maximum absolute atomic E-state index is 10.8. The molecule has 0 bridgehead atoms. The quantitative estimate of drug-likeness (QED) is 0.474. The van der Waals surface area contributed by atoms with Crippen molar-refractivity contribution in [2.45, 2.75) is 123 Å². The molecule has 3 saturated carbocycles. The number of aliphatic hydroxyl groups is 2. The van der Waals surface area contributed by atoms with Gasteiger partial charge in [0.15, 0.2) is 0 Å². The summed E-state index contributed by atoms with van der Waals surface area (Å²) in [6.07, 6.45) is 17.7. The van der Waals surface area contributed by atoms with Gasteiger partial charge < -0.3 is 14.9 Å². The van der Waals surface area contributed by atoms with Crippen molar-refractivity contribution in [1.29, 1.82) is 0 Å². The normalized spacial score (nSPS) is 47.9. The molecule has 0 aromatic heterocycles. The van der Waals surface area contributed by atoms with Crippen molar-refractivity contribution < 1.29 is 14.9 Å². The fourth-order valence-electron chi connectivity index (χ4n) is 8.94. The molecule has 0 radical (unpaired) electrons. The summed E-state index contributed by atoms with van der Waals surface area (Å²) in [6.45, 7) is 10.5. The number of aliphatic hydroxyl groups excluding tert-OH is 1. The summed E-state index contributed by atoms with van der Waals surface area (Å²) in [5, 5.41) is 21.0. The van der Waals surface area contributed by atoms with Crippen LogP contribution < -0.4 is 0 Å². The van der Waals surface area contributed by atoms with E-state index in [9.17, 15) is 10.2 Å². The fourth-order valence-corrected chi connectivity index (χ4v) is 8.94. The topological polar surface area (TPSA) is 49.7 Å². The van der Waals surface area contributed by atoms with Crippen LogP contribution in [0.25, 0.3) is 0 Å². The lowest BCUT2D eigenvalue weighted by Gasteiger charge is -2.58. The van der Waals surface area contributed by atoms with Gasteiger partial charge in [0.25, 0.3) is 0 Å². The average molecular weight is 447 g/mol. The molecular formula is C29H50O3. The zero-order valence-corrected chi connectivity index (χ0v) is 21.4. The Bertz CT molecular complexity index is 665. The standard InChI is InChI=1S/C27H44O3.C2H6/c1-25-15-11-24-22(8-6-20-17-21(28)10-14-26(20,24)2)23(25)9-7-19(25)5-3-12-27(29)13-4-16-30-18-27;1-2/h6,19,21-24,28-29H,3-5,7-18H2,1-2H3;1-2H3/t19-,21?,22?,23?,24?,25?,26-,27?;/m0./s1. The predicted octanol–water partition coefficient (Wildman–Crippen LogP) is 6.66. The van der Waals surface area contributed by atoms with Crippen molar-refractivity contribution in [1.82, 2.24) is 0 Å². The Balaban J connectivity index is 0.00000119. The monoisotopic (exact) mass is 446 g/mol. The second kappa shape index (κ2) is 9.70. The minimum absolute atomic E-state index is 0.102. The van der Waals surface area contributed by atoms with Crippen LogP contribution in [0, 0.1) is 34.5 Å². The first kappa shape index (κ1) is 24.7. The van der Waals surface area contributed by atoms with Crippen molar-refractivity contribution in [2.75, 3.05) is 13.2 Å². The van der Waals surface area contributed by atoms with E-state index in [0.29, 0.717) is 17.4 Å². The van der Waals surface area contributed by atoms with Crippen molar-refractivity contribution in [3.8, 4) is 0 Å². The Morgan fingerprint density at radius 2 is 1.84 bits per heavy atom. The molecule has 3 nitrogen and oxygen atoms in total. The van der Waals surface area contributed by atoms with Gasteiger partial charge in [-0.2, -0.15) is 0 Å². The zero-order chi connectivity index (χ0) is 23.0.